The van der Waals surface area contributed by atoms with Crippen LogP contribution in [0.5, 0.6) is 0 Å². The molecule has 1 amide bonds. The van der Waals surface area contributed by atoms with E-state index in [9.17, 15) is 4.79 Å². The van der Waals surface area contributed by atoms with E-state index in [1.54, 1.807) is 12.1 Å². The van der Waals surface area contributed by atoms with E-state index in [1.165, 1.54) is 0 Å². The second-order valence-corrected chi connectivity index (χ2v) is 3.94. The molecular formula is C13H17N3O. The fraction of sp³-hybridized carbons (Fsp3) is 0.385. The van der Waals surface area contributed by atoms with Crippen LogP contribution in [0.1, 0.15) is 31.0 Å². The van der Waals surface area contributed by atoms with E-state index in [1.807, 2.05) is 30.9 Å². The summed E-state index contributed by atoms with van der Waals surface area (Å²) in [5, 5.41) is 8.72. The van der Waals surface area contributed by atoms with Gasteiger partial charge < -0.3 is 5.73 Å². The van der Waals surface area contributed by atoms with Crippen LogP contribution in [0, 0.1) is 11.3 Å². The molecule has 0 saturated carbocycles. The predicted octanol–water partition coefficient (Wildman–Crippen LogP) is 1.43. The Labute approximate surface area is 102 Å². The fourth-order valence-corrected chi connectivity index (χ4v) is 1.77. The quantitative estimate of drug-likeness (QED) is 0.833. The van der Waals surface area contributed by atoms with Crippen LogP contribution in [-0.4, -0.2) is 23.9 Å². The summed E-state index contributed by atoms with van der Waals surface area (Å²) in [5.74, 6) is -0.327. The number of rotatable bonds is 5. The van der Waals surface area contributed by atoms with Crippen molar-refractivity contribution >= 4 is 5.91 Å². The highest BCUT2D eigenvalue weighted by molar-refractivity contribution is 5.76. The van der Waals surface area contributed by atoms with Crippen molar-refractivity contribution in [1.29, 1.82) is 5.26 Å². The number of primary amides is 1. The molecule has 0 aromatic heterocycles. The maximum Gasteiger partial charge on any atom is 0.231 e. The van der Waals surface area contributed by atoms with Gasteiger partial charge in [-0.3, -0.25) is 9.69 Å². The highest BCUT2D eigenvalue weighted by atomic mass is 16.1. The maximum atomic E-state index is 10.9. The average Bonchev–Trinajstić information content (AvgIpc) is 2.35. The first-order valence-corrected chi connectivity index (χ1v) is 5.61. The van der Waals surface area contributed by atoms with Crippen LogP contribution in [0.15, 0.2) is 24.3 Å². The van der Waals surface area contributed by atoms with Gasteiger partial charge in [-0.2, -0.15) is 5.26 Å². The van der Waals surface area contributed by atoms with Crippen molar-refractivity contribution in [2.45, 2.75) is 19.9 Å². The molecule has 0 fully saturated rings. The molecule has 1 unspecified atom stereocenters. The number of nitrogens with two attached hydrogens (primary N) is 1. The van der Waals surface area contributed by atoms with Crippen LogP contribution in [0.2, 0.25) is 0 Å². The second kappa shape index (κ2) is 6.02. The minimum atomic E-state index is -0.327. The molecule has 4 nitrogen and oxygen atoms in total. The van der Waals surface area contributed by atoms with Crippen molar-refractivity contribution < 1.29 is 4.79 Å². The molecule has 0 radical (unpaired) electrons. The summed E-state index contributed by atoms with van der Waals surface area (Å²) in [6, 6.07) is 9.57. The number of amides is 1. The Morgan fingerprint density at radius 2 is 2.06 bits per heavy atom. The number of nitrogens with zero attached hydrogens (tertiary/aromatic N) is 2. The smallest absolute Gasteiger partial charge is 0.231 e. The van der Waals surface area contributed by atoms with Crippen LogP contribution in [0.4, 0.5) is 0 Å². The standard InChI is InChI=1S/C13H17N3O/c1-3-16(9-13(15)17)10(2)12-6-4-11(8-14)5-7-12/h4-7,10H,3,9H2,1-2H3,(H2,15,17). The van der Waals surface area contributed by atoms with Gasteiger partial charge in [-0.25, -0.2) is 0 Å². The molecule has 0 aliphatic carbocycles. The number of hydrogen-bond donors (Lipinski definition) is 1. The van der Waals surface area contributed by atoms with Gasteiger partial charge >= 0.3 is 0 Å². The first-order valence-electron chi connectivity index (χ1n) is 5.61. The Balaban J connectivity index is 2.82. The molecule has 1 atom stereocenters. The Morgan fingerprint density at radius 1 is 1.47 bits per heavy atom. The summed E-state index contributed by atoms with van der Waals surface area (Å²) < 4.78 is 0. The van der Waals surface area contributed by atoms with E-state index in [0.29, 0.717) is 5.56 Å². The van der Waals surface area contributed by atoms with Crippen molar-refractivity contribution in [3.63, 3.8) is 0 Å². The summed E-state index contributed by atoms with van der Waals surface area (Å²) in [6.45, 7) is 5.01. The van der Waals surface area contributed by atoms with E-state index in [0.717, 1.165) is 12.1 Å². The van der Waals surface area contributed by atoms with Gasteiger partial charge in [-0.15, -0.1) is 0 Å². The summed E-state index contributed by atoms with van der Waals surface area (Å²) in [4.78, 5) is 12.9. The Hall–Kier alpha value is -1.86. The molecular weight excluding hydrogens is 214 g/mol. The van der Waals surface area contributed by atoms with E-state index in [2.05, 4.69) is 6.07 Å². The predicted molar refractivity (Wildman–Crippen MR) is 66.0 cm³/mol. The molecule has 2 N–H and O–H groups in total. The molecule has 4 heteroatoms. The molecule has 0 heterocycles. The lowest BCUT2D eigenvalue weighted by molar-refractivity contribution is -0.119. The first-order chi connectivity index (χ1) is 8.08. The minimum Gasteiger partial charge on any atom is -0.369 e. The lowest BCUT2D eigenvalue weighted by Crippen LogP contribution is -2.35. The zero-order valence-electron chi connectivity index (χ0n) is 10.2. The largest absolute Gasteiger partial charge is 0.369 e. The molecule has 17 heavy (non-hydrogen) atoms. The SMILES string of the molecule is CCN(CC(N)=O)C(C)c1ccc(C#N)cc1. The molecule has 0 spiro atoms. The lowest BCUT2D eigenvalue weighted by atomic mass is 10.1. The highest BCUT2D eigenvalue weighted by Crippen LogP contribution is 2.19. The first kappa shape index (κ1) is 13.2. The van der Waals surface area contributed by atoms with Crippen molar-refractivity contribution in [1.82, 2.24) is 4.90 Å². The number of carbonyl (C=O) groups is 1. The van der Waals surface area contributed by atoms with Crippen molar-refractivity contribution in [2.24, 2.45) is 5.73 Å². The van der Waals surface area contributed by atoms with Crippen molar-refractivity contribution in [3.05, 3.63) is 35.4 Å². The summed E-state index contributed by atoms with van der Waals surface area (Å²) in [6.07, 6.45) is 0. The van der Waals surface area contributed by atoms with E-state index in [4.69, 9.17) is 11.0 Å². The van der Waals surface area contributed by atoms with Gasteiger partial charge in [0.1, 0.15) is 0 Å². The van der Waals surface area contributed by atoms with Gasteiger partial charge in [0.15, 0.2) is 0 Å². The monoisotopic (exact) mass is 231 g/mol. The third kappa shape index (κ3) is 3.58. The average molecular weight is 231 g/mol. The normalized spacial score (nSPS) is 12.1. The Bertz CT molecular complexity index is 419. The third-order valence-electron chi connectivity index (χ3n) is 2.84. The molecule has 0 aliphatic rings. The zero-order chi connectivity index (χ0) is 12.8. The van der Waals surface area contributed by atoms with Crippen LogP contribution in [-0.2, 0) is 4.79 Å². The number of hydrogen-bond acceptors (Lipinski definition) is 3. The number of nitriles is 1. The van der Waals surface area contributed by atoms with Gasteiger partial charge in [0.25, 0.3) is 0 Å². The summed E-state index contributed by atoms with van der Waals surface area (Å²) in [5.41, 5.74) is 6.92. The van der Waals surface area contributed by atoms with E-state index < -0.39 is 0 Å². The highest BCUT2D eigenvalue weighted by Gasteiger charge is 2.15. The number of likely N-dealkylation sites (N-methyl/N-ethyl adjacent to an activating group) is 1. The topological polar surface area (TPSA) is 70.1 Å². The molecule has 1 rings (SSSR count). The fourth-order valence-electron chi connectivity index (χ4n) is 1.77. The third-order valence-corrected chi connectivity index (χ3v) is 2.84. The molecule has 1 aromatic carbocycles. The maximum absolute atomic E-state index is 10.9. The van der Waals surface area contributed by atoms with Gasteiger partial charge in [0.05, 0.1) is 18.2 Å². The molecule has 0 bridgehead atoms. The van der Waals surface area contributed by atoms with Gasteiger partial charge in [0, 0.05) is 6.04 Å². The molecule has 1 aromatic rings. The minimum absolute atomic E-state index is 0.111. The Morgan fingerprint density at radius 3 is 2.47 bits per heavy atom. The molecule has 0 aliphatic heterocycles. The number of carbonyl (C=O) groups excluding carboxylic acids is 1. The summed E-state index contributed by atoms with van der Waals surface area (Å²) in [7, 11) is 0. The summed E-state index contributed by atoms with van der Waals surface area (Å²) >= 11 is 0. The van der Waals surface area contributed by atoms with Gasteiger partial charge in [-0.05, 0) is 31.2 Å². The molecule has 90 valence electrons. The van der Waals surface area contributed by atoms with Gasteiger partial charge in [-0.1, -0.05) is 19.1 Å². The lowest BCUT2D eigenvalue weighted by Gasteiger charge is -2.26. The zero-order valence-corrected chi connectivity index (χ0v) is 10.2. The Kier molecular flexibility index (Phi) is 4.68. The van der Waals surface area contributed by atoms with Gasteiger partial charge in [0.2, 0.25) is 5.91 Å². The number of benzene rings is 1. The van der Waals surface area contributed by atoms with Crippen LogP contribution in [0.3, 0.4) is 0 Å². The van der Waals surface area contributed by atoms with E-state index >= 15 is 0 Å². The van der Waals surface area contributed by atoms with E-state index in [-0.39, 0.29) is 18.5 Å². The molecule has 0 saturated heterocycles. The van der Waals surface area contributed by atoms with Crippen molar-refractivity contribution in [2.75, 3.05) is 13.1 Å². The van der Waals surface area contributed by atoms with Crippen molar-refractivity contribution in [3.8, 4) is 6.07 Å². The van der Waals surface area contributed by atoms with Crippen LogP contribution >= 0.6 is 0 Å². The van der Waals surface area contributed by atoms with Crippen LogP contribution < -0.4 is 5.73 Å². The second-order valence-electron chi connectivity index (χ2n) is 3.94. The van der Waals surface area contributed by atoms with Crippen LogP contribution in [0.25, 0.3) is 0 Å².